The molecule has 0 saturated heterocycles. The number of fused-ring (bicyclic) bond motifs is 1. The highest BCUT2D eigenvalue weighted by atomic mass is 32.2. The van der Waals surface area contributed by atoms with E-state index in [4.69, 9.17) is 9.84 Å². The van der Waals surface area contributed by atoms with Gasteiger partial charge in [-0.3, -0.25) is 4.79 Å². The molecule has 0 saturated carbocycles. The normalized spacial score (nSPS) is 13.1. The van der Waals surface area contributed by atoms with Crippen LogP contribution < -0.4 is 15.5 Å². The first-order valence-electron chi connectivity index (χ1n) is 10.9. The fourth-order valence-electron chi connectivity index (χ4n) is 3.42. The van der Waals surface area contributed by atoms with Crippen LogP contribution in [0.4, 0.5) is 4.79 Å². The number of thiazole rings is 1. The van der Waals surface area contributed by atoms with E-state index in [1.54, 1.807) is 17.8 Å². The second-order valence-corrected chi connectivity index (χ2v) is 9.77. The molecule has 1 amide bonds. The van der Waals surface area contributed by atoms with Gasteiger partial charge in [-0.25, -0.2) is 4.79 Å². The van der Waals surface area contributed by atoms with Crippen LogP contribution in [0.15, 0.2) is 47.3 Å². The second kappa shape index (κ2) is 13.4. The van der Waals surface area contributed by atoms with Gasteiger partial charge in [-0.15, -0.1) is 0 Å². The number of aliphatic hydroxyl groups is 1. The van der Waals surface area contributed by atoms with Crippen LogP contribution >= 0.6 is 23.1 Å². The lowest BCUT2D eigenvalue weighted by molar-refractivity contribution is 0.109. The average molecular weight is 508 g/mol. The van der Waals surface area contributed by atoms with Crippen molar-refractivity contribution in [2.75, 3.05) is 37.8 Å². The molecule has 184 valence electrons. The van der Waals surface area contributed by atoms with Crippen molar-refractivity contribution in [2.24, 2.45) is 0 Å². The van der Waals surface area contributed by atoms with Crippen molar-refractivity contribution in [3.8, 4) is 5.75 Å². The van der Waals surface area contributed by atoms with Crippen LogP contribution in [0.5, 0.6) is 5.75 Å². The lowest BCUT2D eigenvalue weighted by Gasteiger charge is -2.17. The molecule has 0 bridgehead atoms. The highest BCUT2D eigenvalue weighted by Crippen LogP contribution is 2.31. The van der Waals surface area contributed by atoms with E-state index in [2.05, 4.69) is 15.6 Å². The maximum Gasteiger partial charge on any atom is 0.405 e. The molecule has 0 spiro atoms. The summed E-state index contributed by atoms with van der Waals surface area (Å²) in [5.41, 5.74) is 1.84. The van der Waals surface area contributed by atoms with E-state index in [1.807, 2.05) is 30.3 Å². The highest BCUT2D eigenvalue weighted by Gasteiger charge is 2.16. The fraction of sp³-hybridized carbons (Fsp3) is 0.391. The van der Waals surface area contributed by atoms with Gasteiger partial charge in [-0.05, 0) is 23.8 Å². The van der Waals surface area contributed by atoms with Gasteiger partial charge in [-0.1, -0.05) is 47.7 Å². The summed E-state index contributed by atoms with van der Waals surface area (Å²) < 4.78 is 6.25. The van der Waals surface area contributed by atoms with Crippen LogP contribution in [-0.4, -0.2) is 64.2 Å². The molecule has 2 atom stereocenters. The molecule has 0 aliphatic carbocycles. The zero-order chi connectivity index (χ0) is 24.3. The Morgan fingerprint density at radius 1 is 1.18 bits per heavy atom. The molecule has 3 aromatic rings. The zero-order valence-electron chi connectivity index (χ0n) is 18.5. The van der Waals surface area contributed by atoms with E-state index in [0.717, 1.165) is 34.8 Å². The van der Waals surface area contributed by atoms with E-state index in [0.29, 0.717) is 35.5 Å². The summed E-state index contributed by atoms with van der Waals surface area (Å²) in [5, 5.41) is 35.1. The van der Waals surface area contributed by atoms with Crippen LogP contribution in [0.1, 0.15) is 29.7 Å². The van der Waals surface area contributed by atoms with Gasteiger partial charge in [0.1, 0.15) is 11.3 Å². The number of ether oxygens (including phenoxy) is 1. The number of amides is 1. The van der Waals surface area contributed by atoms with Gasteiger partial charge in [0, 0.05) is 31.0 Å². The first-order chi connectivity index (χ1) is 16.5. The number of aliphatic hydroxyl groups excluding tert-OH is 1. The van der Waals surface area contributed by atoms with Crippen molar-refractivity contribution in [3.63, 3.8) is 0 Å². The molecule has 1 aromatic heterocycles. The SMILES string of the molecule is O=C(O)N[C@H](COCCCSCCNC[C@@H](O)c1ccc(O)c2[nH]c(=O)sc12)c1ccccc1. The van der Waals surface area contributed by atoms with E-state index < -0.39 is 18.2 Å². The minimum Gasteiger partial charge on any atom is -0.506 e. The number of hydrogen-bond acceptors (Lipinski definition) is 8. The first kappa shape index (κ1) is 26.0. The molecule has 9 nitrogen and oxygen atoms in total. The maximum absolute atomic E-state index is 11.6. The van der Waals surface area contributed by atoms with E-state index >= 15 is 0 Å². The molecule has 11 heteroatoms. The Labute approximate surface area is 205 Å². The Kier molecular flexibility index (Phi) is 10.2. The molecule has 0 unspecified atom stereocenters. The third-order valence-corrected chi connectivity index (χ3v) is 7.07. The Morgan fingerprint density at radius 3 is 2.74 bits per heavy atom. The number of thioether (sulfide) groups is 1. The number of aromatic nitrogens is 1. The number of rotatable bonds is 14. The van der Waals surface area contributed by atoms with Crippen LogP contribution in [-0.2, 0) is 4.74 Å². The predicted octanol–water partition coefficient (Wildman–Crippen LogP) is 3.07. The largest absolute Gasteiger partial charge is 0.506 e. The summed E-state index contributed by atoms with van der Waals surface area (Å²) in [7, 11) is 0. The standard InChI is InChI=1S/C23H29N3O6S2/c27-18-8-7-16(21-20(18)26-23(31)34-21)19(28)13-24-9-12-33-11-4-10-32-14-17(25-22(29)30)15-5-2-1-3-6-15/h1-3,5-8,17,19,24-25,27-28H,4,9-14H2,(H,26,31)(H,29,30)/t17-,19-/m1/s1. The van der Waals surface area contributed by atoms with Gasteiger partial charge in [0.15, 0.2) is 0 Å². The van der Waals surface area contributed by atoms with E-state index in [1.165, 1.54) is 6.07 Å². The molecule has 0 fully saturated rings. The summed E-state index contributed by atoms with van der Waals surface area (Å²) in [6, 6.07) is 12.1. The van der Waals surface area contributed by atoms with Gasteiger partial charge >= 0.3 is 11.0 Å². The van der Waals surface area contributed by atoms with Crippen molar-refractivity contribution in [1.82, 2.24) is 15.6 Å². The van der Waals surface area contributed by atoms with Crippen molar-refractivity contribution >= 4 is 39.4 Å². The smallest absolute Gasteiger partial charge is 0.405 e. The predicted molar refractivity (Wildman–Crippen MR) is 135 cm³/mol. The van der Waals surface area contributed by atoms with E-state index in [9.17, 15) is 19.8 Å². The van der Waals surface area contributed by atoms with Crippen molar-refractivity contribution in [3.05, 3.63) is 63.3 Å². The second-order valence-electron chi connectivity index (χ2n) is 7.57. The molecule has 0 aliphatic rings. The molecular formula is C23H29N3O6S2. The minimum atomic E-state index is -1.08. The van der Waals surface area contributed by atoms with Crippen molar-refractivity contribution < 1.29 is 24.9 Å². The topological polar surface area (TPSA) is 144 Å². The van der Waals surface area contributed by atoms with E-state index in [-0.39, 0.29) is 17.2 Å². The molecule has 3 rings (SSSR count). The maximum atomic E-state index is 11.6. The molecule has 1 heterocycles. The number of aromatic hydroxyl groups is 1. The molecule has 0 aliphatic heterocycles. The average Bonchev–Trinajstić information content (AvgIpc) is 3.22. The number of hydrogen-bond donors (Lipinski definition) is 6. The van der Waals surface area contributed by atoms with Crippen LogP contribution in [0.25, 0.3) is 10.2 Å². The highest BCUT2D eigenvalue weighted by molar-refractivity contribution is 7.99. The molecular weight excluding hydrogens is 478 g/mol. The summed E-state index contributed by atoms with van der Waals surface area (Å²) in [4.78, 5) is 24.9. The first-order valence-corrected chi connectivity index (χ1v) is 12.9. The molecule has 6 N–H and O–H groups in total. The van der Waals surface area contributed by atoms with Crippen LogP contribution in [0.3, 0.4) is 0 Å². The summed E-state index contributed by atoms with van der Waals surface area (Å²) in [5.74, 6) is 1.76. The summed E-state index contributed by atoms with van der Waals surface area (Å²) >= 11 is 2.74. The Hall–Kier alpha value is -2.57. The number of carbonyl (C=O) groups is 1. The molecule has 34 heavy (non-hydrogen) atoms. The third kappa shape index (κ3) is 7.74. The summed E-state index contributed by atoms with van der Waals surface area (Å²) in [6.45, 7) is 1.87. The number of phenols is 1. The van der Waals surface area contributed by atoms with Crippen molar-refractivity contribution in [2.45, 2.75) is 18.6 Å². The minimum absolute atomic E-state index is 0.00799. The van der Waals surface area contributed by atoms with Crippen LogP contribution in [0.2, 0.25) is 0 Å². The quantitative estimate of drug-likeness (QED) is 0.183. The number of aromatic amines is 1. The zero-order valence-corrected chi connectivity index (χ0v) is 20.2. The van der Waals surface area contributed by atoms with Gasteiger partial charge in [0.25, 0.3) is 0 Å². The number of phenolic OH excluding ortho intramolecular Hbond substituents is 1. The van der Waals surface area contributed by atoms with Crippen molar-refractivity contribution in [1.29, 1.82) is 0 Å². The number of H-pyrrole nitrogens is 1. The Morgan fingerprint density at radius 2 is 1.97 bits per heavy atom. The van der Waals surface area contributed by atoms with Gasteiger partial charge in [-0.2, -0.15) is 11.8 Å². The lowest BCUT2D eigenvalue weighted by Crippen LogP contribution is -2.30. The van der Waals surface area contributed by atoms with Gasteiger partial charge in [0.2, 0.25) is 0 Å². The number of carboxylic acid groups (broad SMARTS) is 1. The Bertz CT molecular complexity index is 1110. The number of nitrogens with one attached hydrogen (secondary N) is 3. The number of benzene rings is 2. The molecule has 0 radical (unpaired) electrons. The third-order valence-electron chi connectivity index (χ3n) is 5.07. The van der Waals surface area contributed by atoms with Gasteiger partial charge < -0.3 is 35.7 Å². The lowest BCUT2D eigenvalue weighted by atomic mass is 10.1. The van der Waals surface area contributed by atoms with Gasteiger partial charge in [0.05, 0.1) is 23.5 Å². The fourth-order valence-corrected chi connectivity index (χ4v) is 5.15. The molecule has 2 aromatic carbocycles. The van der Waals surface area contributed by atoms with Crippen LogP contribution in [0, 0.1) is 0 Å². The Balaban J connectivity index is 1.28. The monoisotopic (exact) mass is 507 g/mol. The summed E-state index contributed by atoms with van der Waals surface area (Å²) in [6.07, 6.45) is -1.02.